The Morgan fingerprint density at radius 3 is 2.70 bits per heavy atom. The van der Waals surface area contributed by atoms with Crippen molar-refractivity contribution in [3.05, 3.63) is 65.8 Å². The van der Waals surface area contributed by atoms with Gasteiger partial charge >= 0.3 is 6.03 Å². The minimum Gasteiger partial charge on any atom is -0.324 e. The molecule has 4 rings (SSSR count). The molecule has 0 atom stereocenters. The van der Waals surface area contributed by atoms with Crippen molar-refractivity contribution in [3.63, 3.8) is 0 Å². The van der Waals surface area contributed by atoms with Crippen molar-refractivity contribution >= 4 is 45.8 Å². The Hall–Kier alpha value is -3.12. The third kappa shape index (κ3) is 3.57. The van der Waals surface area contributed by atoms with Crippen LogP contribution in [0.5, 0.6) is 0 Å². The van der Waals surface area contributed by atoms with Gasteiger partial charge in [-0.1, -0.05) is 17.7 Å². The molecule has 1 fully saturated rings. The number of urea groups is 1. The highest BCUT2D eigenvalue weighted by Crippen LogP contribution is 2.23. The predicted octanol–water partition coefficient (Wildman–Crippen LogP) is 3.77. The first kappa shape index (κ1) is 17.3. The molecule has 27 heavy (non-hydrogen) atoms. The molecule has 0 unspecified atom stereocenters. The van der Waals surface area contributed by atoms with Crippen LogP contribution in [-0.2, 0) is 4.79 Å². The van der Waals surface area contributed by atoms with Crippen molar-refractivity contribution in [2.45, 2.75) is 0 Å². The number of nitrogens with zero attached hydrogens (tertiary/aromatic N) is 3. The highest BCUT2D eigenvalue weighted by molar-refractivity contribution is 6.30. The summed E-state index contributed by atoms with van der Waals surface area (Å²) in [6.07, 6.45) is 1.71. The van der Waals surface area contributed by atoms with Gasteiger partial charge in [0.2, 0.25) is 5.91 Å². The van der Waals surface area contributed by atoms with Crippen molar-refractivity contribution in [1.29, 1.82) is 0 Å². The van der Waals surface area contributed by atoms with Crippen LogP contribution in [-0.4, -0.2) is 41.5 Å². The van der Waals surface area contributed by atoms with Gasteiger partial charge < -0.3 is 10.2 Å². The van der Waals surface area contributed by atoms with E-state index in [1.165, 1.54) is 4.90 Å². The number of hydrogen-bond acceptors (Lipinski definition) is 3. The second kappa shape index (κ2) is 7.25. The van der Waals surface area contributed by atoms with Crippen LogP contribution in [0.15, 0.2) is 60.8 Å². The Morgan fingerprint density at radius 1 is 1.07 bits per heavy atom. The molecule has 1 N–H and O–H groups in total. The van der Waals surface area contributed by atoms with E-state index in [2.05, 4.69) is 10.3 Å². The number of pyridine rings is 1. The first-order chi connectivity index (χ1) is 13.1. The molecule has 136 valence electrons. The molecule has 0 bridgehead atoms. The normalized spacial score (nSPS) is 14.0. The van der Waals surface area contributed by atoms with E-state index in [9.17, 15) is 9.59 Å². The van der Waals surface area contributed by atoms with E-state index < -0.39 is 0 Å². The lowest BCUT2D eigenvalue weighted by Gasteiger charge is -2.18. The van der Waals surface area contributed by atoms with Gasteiger partial charge in [-0.3, -0.25) is 14.7 Å². The van der Waals surface area contributed by atoms with Gasteiger partial charge in [0.25, 0.3) is 0 Å². The lowest BCUT2D eigenvalue weighted by Crippen LogP contribution is -2.37. The largest absolute Gasteiger partial charge is 0.325 e. The molecule has 1 aromatic heterocycles. The number of carbonyl (C=O) groups excluding carboxylic acids is 2. The molecule has 0 saturated carbocycles. The lowest BCUT2D eigenvalue weighted by molar-refractivity contribution is -0.116. The number of benzene rings is 2. The van der Waals surface area contributed by atoms with Crippen molar-refractivity contribution in [3.8, 4) is 0 Å². The third-order valence-corrected chi connectivity index (χ3v) is 4.74. The Bertz CT molecular complexity index is 1000. The topological polar surface area (TPSA) is 65.5 Å². The van der Waals surface area contributed by atoms with Gasteiger partial charge in [0, 0.05) is 35.4 Å². The quantitative estimate of drug-likeness (QED) is 0.749. The molecule has 0 spiro atoms. The summed E-state index contributed by atoms with van der Waals surface area (Å²) in [7, 11) is 0. The average Bonchev–Trinajstić information content (AvgIpc) is 3.03. The fraction of sp³-hybridized carbons (Fsp3) is 0.150. The van der Waals surface area contributed by atoms with E-state index in [0.717, 1.165) is 16.6 Å². The summed E-state index contributed by atoms with van der Waals surface area (Å²) in [4.78, 5) is 32.6. The number of amides is 3. The van der Waals surface area contributed by atoms with E-state index >= 15 is 0 Å². The maximum absolute atomic E-state index is 12.6. The van der Waals surface area contributed by atoms with Gasteiger partial charge in [-0.05, 0) is 48.5 Å². The van der Waals surface area contributed by atoms with Crippen LogP contribution < -0.4 is 10.2 Å². The van der Waals surface area contributed by atoms with Gasteiger partial charge in [0.1, 0.15) is 6.54 Å². The standard InChI is InChI=1S/C20H17ClN4O2/c21-14-6-8-15(9-7-14)25-12-11-24(20(25)27)13-19(26)23-18-5-1-4-17-16(18)3-2-10-22-17/h1-10H,11-13H2,(H,23,26). The van der Waals surface area contributed by atoms with Crippen LogP contribution in [0.4, 0.5) is 16.2 Å². The second-order valence-corrected chi connectivity index (χ2v) is 6.69. The summed E-state index contributed by atoms with van der Waals surface area (Å²) in [6, 6.07) is 16.2. The van der Waals surface area contributed by atoms with Crippen LogP contribution >= 0.6 is 11.6 Å². The number of anilines is 2. The first-order valence-electron chi connectivity index (χ1n) is 8.57. The minimum absolute atomic E-state index is 0.000424. The maximum atomic E-state index is 12.6. The van der Waals surface area contributed by atoms with E-state index in [1.54, 1.807) is 35.4 Å². The number of carbonyl (C=O) groups is 2. The SMILES string of the molecule is O=C(CN1CCN(c2ccc(Cl)cc2)C1=O)Nc1cccc2ncccc12. The van der Waals surface area contributed by atoms with Crippen molar-refractivity contribution < 1.29 is 9.59 Å². The highest BCUT2D eigenvalue weighted by atomic mass is 35.5. The monoisotopic (exact) mass is 380 g/mol. The molecule has 1 saturated heterocycles. The molecule has 0 aliphatic carbocycles. The Morgan fingerprint density at radius 2 is 1.89 bits per heavy atom. The highest BCUT2D eigenvalue weighted by Gasteiger charge is 2.30. The molecule has 2 aromatic carbocycles. The molecule has 3 aromatic rings. The number of halogens is 1. The lowest BCUT2D eigenvalue weighted by atomic mass is 10.2. The van der Waals surface area contributed by atoms with Crippen molar-refractivity contribution in [1.82, 2.24) is 9.88 Å². The van der Waals surface area contributed by atoms with Crippen molar-refractivity contribution in [2.24, 2.45) is 0 Å². The molecular formula is C20H17ClN4O2. The summed E-state index contributed by atoms with van der Waals surface area (Å²) in [5, 5.41) is 4.37. The Balaban J connectivity index is 1.44. The summed E-state index contributed by atoms with van der Waals surface area (Å²) in [5.41, 5.74) is 2.26. The molecule has 3 amide bonds. The maximum Gasteiger partial charge on any atom is 0.325 e. The molecular weight excluding hydrogens is 364 g/mol. The summed E-state index contributed by atoms with van der Waals surface area (Å²) in [6.45, 7) is 1.03. The van der Waals surface area contributed by atoms with Crippen LogP contribution in [0.3, 0.4) is 0 Å². The zero-order valence-electron chi connectivity index (χ0n) is 14.4. The second-order valence-electron chi connectivity index (χ2n) is 6.26. The fourth-order valence-electron chi connectivity index (χ4n) is 3.17. The fourth-order valence-corrected chi connectivity index (χ4v) is 3.29. The van der Waals surface area contributed by atoms with E-state index in [0.29, 0.717) is 23.8 Å². The van der Waals surface area contributed by atoms with Gasteiger partial charge in [-0.25, -0.2) is 4.79 Å². The van der Waals surface area contributed by atoms with Gasteiger partial charge in [0.05, 0.1) is 11.2 Å². The summed E-state index contributed by atoms with van der Waals surface area (Å²) < 4.78 is 0. The molecule has 1 aliphatic rings. The van der Waals surface area contributed by atoms with Gasteiger partial charge in [0.15, 0.2) is 0 Å². The summed E-state index contributed by atoms with van der Waals surface area (Å²) in [5.74, 6) is -0.238. The average molecular weight is 381 g/mol. The predicted molar refractivity (Wildman–Crippen MR) is 106 cm³/mol. The van der Waals surface area contributed by atoms with Gasteiger partial charge in [-0.2, -0.15) is 0 Å². The number of nitrogens with one attached hydrogen (secondary N) is 1. The van der Waals surface area contributed by atoms with E-state index in [1.807, 2.05) is 30.3 Å². The molecule has 0 radical (unpaired) electrons. The van der Waals surface area contributed by atoms with Crippen LogP contribution in [0.1, 0.15) is 0 Å². The Kier molecular flexibility index (Phi) is 4.64. The summed E-state index contributed by atoms with van der Waals surface area (Å²) >= 11 is 5.90. The zero-order chi connectivity index (χ0) is 18.8. The molecule has 6 nitrogen and oxygen atoms in total. The van der Waals surface area contributed by atoms with Crippen LogP contribution in [0.2, 0.25) is 5.02 Å². The number of aromatic nitrogens is 1. The minimum atomic E-state index is -0.238. The number of fused-ring (bicyclic) bond motifs is 1. The van der Waals surface area contributed by atoms with E-state index in [-0.39, 0.29) is 18.5 Å². The molecule has 1 aliphatic heterocycles. The van der Waals surface area contributed by atoms with Crippen LogP contribution in [0, 0.1) is 0 Å². The molecule has 2 heterocycles. The Labute approximate surface area is 161 Å². The van der Waals surface area contributed by atoms with Crippen molar-refractivity contribution in [2.75, 3.05) is 29.9 Å². The first-order valence-corrected chi connectivity index (χ1v) is 8.95. The number of rotatable bonds is 4. The molecule has 7 heteroatoms. The van der Waals surface area contributed by atoms with E-state index in [4.69, 9.17) is 11.6 Å². The smallest absolute Gasteiger partial charge is 0.324 e. The number of hydrogen-bond donors (Lipinski definition) is 1. The van der Waals surface area contributed by atoms with Gasteiger partial charge in [-0.15, -0.1) is 0 Å². The zero-order valence-corrected chi connectivity index (χ0v) is 15.2. The van der Waals surface area contributed by atoms with Crippen LogP contribution in [0.25, 0.3) is 10.9 Å². The third-order valence-electron chi connectivity index (χ3n) is 4.49.